The topological polar surface area (TPSA) is 20.2 Å². The number of hydrogen-bond donors (Lipinski definition) is 1. The lowest BCUT2D eigenvalue weighted by atomic mass is 9.97. The van der Waals surface area contributed by atoms with E-state index in [0.717, 1.165) is 36.0 Å². The Balaban J connectivity index is 2.25. The molecule has 1 unspecified atom stereocenters. The minimum absolute atomic E-state index is 0.618. The Labute approximate surface area is 121 Å². The van der Waals surface area contributed by atoms with Crippen molar-refractivity contribution in [3.63, 3.8) is 0 Å². The van der Waals surface area contributed by atoms with E-state index in [1.807, 2.05) is 54.6 Å². The van der Waals surface area contributed by atoms with E-state index in [-0.39, 0.29) is 0 Å². The molecular formula is C19H20O. The van der Waals surface area contributed by atoms with Gasteiger partial charge >= 0.3 is 0 Å². The molecule has 1 heteroatoms. The maximum atomic E-state index is 10.5. The van der Waals surface area contributed by atoms with Crippen molar-refractivity contribution in [3.8, 4) is 11.8 Å². The third kappa shape index (κ3) is 3.73. The number of hydrogen-bond acceptors (Lipinski definition) is 1. The van der Waals surface area contributed by atoms with Gasteiger partial charge in [0.05, 0.1) is 0 Å². The van der Waals surface area contributed by atoms with E-state index in [4.69, 9.17) is 0 Å². The first-order valence-corrected chi connectivity index (χ1v) is 7.13. The van der Waals surface area contributed by atoms with Crippen LogP contribution in [0.25, 0.3) is 0 Å². The Morgan fingerprint density at radius 2 is 1.70 bits per heavy atom. The molecule has 1 N–H and O–H groups in total. The molecule has 2 aromatic rings. The zero-order valence-electron chi connectivity index (χ0n) is 11.8. The second-order valence-electron chi connectivity index (χ2n) is 4.81. The van der Waals surface area contributed by atoms with Crippen molar-refractivity contribution in [1.82, 2.24) is 0 Å². The normalized spacial score (nSPS) is 11.5. The molecule has 20 heavy (non-hydrogen) atoms. The molecule has 0 spiro atoms. The predicted molar refractivity (Wildman–Crippen MR) is 83.3 cm³/mol. The van der Waals surface area contributed by atoms with Crippen molar-refractivity contribution in [3.05, 3.63) is 71.3 Å². The van der Waals surface area contributed by atoms with Gasteiger partial charge in [0.15, 0.2) is 0 Å². The number of unbranched alkanes of at least 4 members (excludes halogenated alkanes) is 2. The summed E-state index contributed by atoms with van der Waals surface area (Å²) in [5, 5.41) is 10.5. The van der Waals surface area contributed by atoms with E-state index >= 15 is 0 Å². The second-order valence-corrected chi connectivity index (χ2v) is 4.81. The molecular weight excluding hydrogens is 244 g/mol. The van der Waals surface area contributed by atoms with Gasteiger partial charge in [-0.2, -0.15) is 0 Å². The minimum atomic E-state index is -0.618. The minimum Gasteiger partial charge on any atom is -0.384 e. The van der Waals surface area contributed by atoms with Gasteiger partial charge in [-0.1, -0.05) is 73.7 Å². The van der Waals surface area contributed by atoms with Crippen molar-refractivity contribution in [1.29, 1.82) is 0 Å². The van der Waals surface area contributed by atoms with Gasteiger partial charge in [-0.25, -0.2) is 0 Å². The van der Waals surface area contributed by atoms with Gasteiger partial charge in [0.1, 0.15) is 6.10 Å². The molecule has 102 valence electrons. The Morgan fingerprint density at radius 1 is 1.00 bits per heavy atom. The van der Waals surface area contributed by atoms with E-state index in [2.05, 4.69) is 18.8 Å². The molecule has 0 aliphatic heterocycles. The third-order valence-corrected chi connectivity index (χ3v) is 3.25. The SMILES string of the molecule is CCCCC#Cc1ccccc1C(O)c1ccccc1. The van der Waals surface area contributed by atoms with Crippen molar-refractivity contribution in [2.45, 2.75) is 32.3 Å². The van der Waals surface area contributed by atoms with Crippen LogP contribution >= 0.6 is 0 Å². The fourth-order valence-corrected chi connectivity index (χ4v) is 2.09. The average molecular weight is 264 g/mol. The summed E-state index contributed by atoms with van der Waals surface area (Å²) in [6, 6.07) is 17.5. The van der Waals surface area contributed by atoms with Crippen molar-refractivity contribution in [2.75, 3.05) is 0 Å². The molecule has 0 aliphatic rings. The fourth-order valence-electron chi connectivity index (χ4n) is 2.09. The van der Waals surface area contributed by atoms with Crippen LogP contribution in [0, 0.1) is 11.8 Å². The van der Waals surface area contributed by atoms with Gasteiger partial charge in [0.2, 0.25) is 0 Å². The van der Waals surface area contributed by atoms with Gasteiger partial charge in [0.25, 0.3) is 0 Å². The maximum absolute atomic E-state index is 10.5. The number of benzene rings is 2. The van der Waals surface area contributed by atoms with Crippen molar-refractivity contribution < 1.29 is 5.11 Å². The van der Waals surface area contributed by atoms with E-state index in [1.165, 1.54) is 0 Å². The highest BCUT2D eigenvalue weighted by molar-refractivity contribution is 5.45. The average Bonchev–Trinajstić information content (AvgIpc) is 2.52. The van der Waals surface area contributed by atoms with Crippen LogP contribution in [0.1, 0.15) is 49.0 Å². The second kappa shape index (κ2) is 7.53. The highest BCUT2D eigenvalue weighted by Crippen LogP contribution is 2.24. The Kier molecular flexibility index (Phi) is 5.41. The molecule has 1 atom stereocenters. The third-order valence-electron chi connectivity index (χ3n) is 3.25. The smallest absolute Gasteiger partial charge is 0.105 e. The summed E-state index contributed by atoms with van der Waals surface area (Å²) in [5.41, 5.74) is 2.69. The molecule has 0 amide bonds. The molecule has 0 radical (unpaired) electrons. The lowest BCUT2D eigenvalue weighted by Crippen LogP contribution is -2.01. The number of aliphatic hydroxyl groups excluding tert-OH is 1. The van der Waals surface area contributed by atoms with Gasteiger partial charge < -0.3 is 5.11 Å². The monoisotopic (exact) mass is 264 g/mol. The molecule has 0 aromatic heterocycles. The molecule has 2 rings (SSSR count). The van der Waals surface area contributed by atoms with Crippen LogP contribution in [0.15, 0.2) is 54.6 Å². The molecule has 0 bridgehead atoms. The number of rotatable bonds is 4. The fraction of sp³-hybridized carbons (Fsp3) is 0.263. The molecule has 2 aromatic carbocycles. The summed E-state index contributed by atoms with van der Waals surface area (Å²) in [6.07, 6.45) is 2.57. The highest BCUT2D eigenvalue weighted by Gasteiger charge is 2.12. The molecule has 0 fully saturated rings. The molecule has 0 heterocycles. The summed E-state index contributed by atoms with van der Waals surface area (Å²) in [6.45, 7) is 2.16. The molecule has 0 saturated carbocycles. The summed E-state index contributed by atoms with van der Waals surface area (Å²) in [5.74, 6) is 6.38. The van der Waals surface area contributed by atoms with Gasteiger partial charge in [-0.3, -0.25) is 0 Å². The van der Waals surface area contributed by atoms with Crippen molar-refractivity contribution in [2.24, 2.45) is 0 Å². The molecule has 0 saturated heterocycles. The Bertz CT molecular complexity index is 590. The quantitative estimate of drug-likeness (QED) is 0.644. The van der Waals surface area contributed by atoms with Crippen LogP contribution in [0.3, 0.4) is 0 Å². The maximum Gasteiger partial charge on any atom is 0.105 e. The first-order chi connectivity index (χ1) is 9.83. The zero-order valence-corrected chi connectivity index (χ0v) is 11.8. The van der Waals surface area contributed by atoms with Gasteiger partial charge in [0, 0.05) is 17.5 Å². The Morgan fingerprint density at radius 3 is 2.45 bits per heavy atom. The summed E-state index contributed by atoms with van der Waals surface area (Å²) >= 11 is 0. The van der Waals surface area contributed by atoms with E-state index in [9.17, 15) is 5.11 Å². The lowest BCUT2D eigenvalue weighted by Gasteiger charge is -2.13. The number of aliphatic hydroxyl groups is 1. The summed E-state index contributed by atoms with van der Waals surface area (Å²) in [7, 11) is 0. The summed E-state index contributed by atoms with van der Waals surface area (Å²) < 4.78 is 0. The van der Waals surface area contributed by atoms with Crippen LogP contribution in [0.4, 0.5) is 0 Å². The highest BCUT2D eigenvalue weighted by atomic mass is 16.3. The van der Waals surface area contributed by atoms with E-state index in [0.29, 0.717) is 0 Å². The van der Waals surface area contributed by atoms with Crippen LogP contribution in [-0.4, -0.2) is 5.11 Å². The standard InChI is InChI=1S/C19H20O/c1-2-3-4-6-11-16-12-9-10-15-18(16)19(20)17-13-7-5-8-14-17/h5,7-10,12-15,19-20H,2-4H2,1H3. The van der Waals surface area contributed by atoms with Crippen LogP contribution in [-0.2, 0) is 0 Å². The van der Waals surface area contributed by atoms with E-state index < -0.39 is 6.10 Å². The van der Waals surface area contributed by atoms with Gasteiger partial charge in [-0.05, 0) is 18.1 Å². The summed E-state index contributed by atoms with van der Waals surface area (Å²) in [4.78, 5) is 0. The van der Waals surface area contributed by atoms with Crippen LogP contribution in [0.2, 0.25) is 0 Å². The Hall–Kier alpha value is -2.04. The van der Waals surface area contributed by atoms with Crippen LogP contribution < -0.4 is 0 Å². The van der Waals surface area contributed by atoms with Gasteiger partial charge in [-0.15, -0.1) is 0 Å². The largest absolute Gasteiger partial charge is 0.384 e. The van der Waals surface area contributed by atoms with Crippen LogP contribution in [0.5, 0.6) is 0 Å². The predicted octanol–water partition coefficient (Wildman–Crippen LogP) is 4.31. The first kappa shape index (κ1) is 14.4. The molecule has 1 nitrogen and oxygen atoms in total. The first-order valence-electron chi connectivity index (χ1n) is 7.13. The van der Waals surface area contributed by atoms with Crippen molar-refractivity contribution >= 4 is 0 Å². The zero-order chi connectivity index (χ0) is 14.2. The lowest BCUT2D eigenvalue weighted by molar-refractivity contribution is 0.220. The van der Waals surface area contributed by atoms with E-state index in [1.54, 1.807) is 0 Å². The molecule has 0 aliphatic carbocycles.